The Kier molecular flexibility index (Phi) is 5.52. The van der Waals surface area contributed by atoms with Crippen molar-refractivity contribution in [2.24, 2.45) is 0 Å². The average molecular weight is 414 g/mol. The second kappa shape index (κ2) is 8.76. The molecule has 1 aromatic heterocycles. The van der Waals surface area contributed by atoms with Crippen molar-refractivity contribution < 1.29 is 4.79 Å². The first kappa shape index (κ1) is 19.5. The molecule has 2 fully saturated rings. The number of carbonyl (C=O) groups is 1. The van der Waals surface area contributed by atoms with Gasteiger partial charge in [0, 0.05) is 68.5 Å². The zero-order valence-corrected chi connectivity index (χ0v) is 17.7. The molecular formula is C25H27N5O. The molecule has 3 aromatic rings. The van der Waals surface area contributed by atoms with Gasteiger partial charge in [-0.3, -0.25) is 9.78 Å². The van der Waals surface area contributed by atoms with Crippen LogP contribution in [0, 0.1) is 0 Å². The first-order valence-electron chi connectivity index (χ1n) is 11.1. The van der Waals surface area contributed by atoms with E-state index in [0.717, 1.165) is 56.3 Å². The molecule has 0 saturated carbocycles. The zero-order chi connectivity index (χ0) is 21.0. The predicted octanol–water partition coefficient (Wildman–Crippen LogP) is 3.71. The van der Waals surface area contributed by atoms with Crippen LogP contribution in [0.4, 0.5) is 11.5 Å². The maximum atomic E-state index is 13.2. The minimum Gasteiger partial charge on any atom is -0.368 e. The third-order valence-corrected chi connectivity index (χ3v) is 6.16. The van der Waals surface area contributed by atoms with E-state index in [1.54, 1.807) is 12.4 Å². The van der Waals surface area contributed by atoms with Crippen molar-refractivity contribution in [2.75, 3.05) is 49.1 Å². The second-order valence-corrected chi connectivity index (χ2v) is 8.12. The molecule has 0 radical (unpaired) electrons. The molecule has 0 atom stereocenters. The number of hydrogen-bond donors (Lipinski definition) is 0. The van der Waals surface area contributed by atoms with Crippen molar-refractivity contribution in [3.8, 4) is 11.3 Å². The Labute approximate surface area is 183 Å². The summed E-state index contributed by atoms with van der Waals surface area (Å²) < 4.78 is 0. The molecular weight excluding hydrogens is 386 g/mol. The van der Waals surface area contributed by atoms with Crippen molar-refractivity contribution in [3.63, 3.8) is 0 Å². The van der Waals surface area contributed by atoms with Crippen LogP contribution in [-0.4, -0.2) is 60.0 Å². The summed E-state index contributed by atoms with van der Waals surface area (Å²) in [6, 6.07) is 18.2. The van der Waals surface area contributed by atoms with Crippen molar-refractivity contribution in [3.05, 3.63) is 72.6 Å². The maximum absolute atomic E-state index is 13.2. The highest BCUT2D eigenvalue weighted by atomic mass is 16.2. The van der Waals surface area contributed by atoms with Crippen LogP contribution in [-0.2, 0) is 0 Å². The van der Waals surface area contributed by atoms with Crippen LogP contribution in [0.25, 0.3) is 11.3 Å². The lowest BCUT2D eigenvalue weighted by atomic mass is 10.1. The number of carbonyl (C=O) groups excluding carboxylic acids is 1. The molecule has 2 saturated heterocycles. The Balaban J connectivity index is 1.33. The van der Waals surface area contributed by atoms with Crippen molar-refractivity contribution in [2.45, 2.75) is 12.8 Å². The summed E-state index contributed by atoms with van der Waals surface area (Å²) >= 11 is 0. The van der Waals surface area contributed by atoms with E-state index in [1.807, 2.05) is 35.2 Å². The SMILES string of the molecule is O=C(c1cccc(-c2nccnc2N2CCCC2)c1)N1CCN(c2ccccc2)CC1. The Morgan fingerprint density at radius 2 is 1.48 bits per heavy atom. The van der Waals surface area contributed by atoms with E-state index >= 15 is 0 Å². The molecule has 31 heavy (non-hydrogen) atoms. The molecule has 0 aliphatic carbocycles. The van der Waals surface area contributed by atoms with Crippen LogP contribution in [0.1, 0.15) is 23.2 Å². The molecule has 3 heterocycles. The van der Waals surface area contributed by atoms with Gasteiger partial charge in [-0.2, -0.15) is 0 Å². The van der Waals surface area contributed by atoms with Gasteiger partial charge in [0.25, 0.3) is 5.91 Å². The lowest BCUT2D eigenvalue weighted by Gasteiger charge is -2.36. The number of rotatable bonds is 4. The summed E-state index contributed by atoms with van der Waals surface area (Å²) in [5, 5.41) is 0. The van der Waals surface area contributed by atoms with Gasteiger partial charge in [0.1, 0.15) is 5.69 Å². The van der Waals surface area contributed by atoms with Gasteiger partial charge in [-0.15, -0.1) is 0 Å². The normalized spacial score (nSPS) is 16.6. The fourth-order valence-electron chi connectivity index (χ4n) is 4.48. The van der Waals surface area contributed by atoms with Gasteiger partial charge in [0.2, 0.25) is 0 Å². The standard InChI is InChI=1S/C25H27N5O/c31-25(30-17-15-28(16-18-30)22-9-2-1-3-10-22)21-8-6-7-20(19-21)23-24(27-12-11-26-23)29-13-4-5-14-29/h1-3,6-12,19H,4-5,13-18H2. The monoisotopic (exact) mass is 413 g/mol. The average Bonchev–Trinajstić information content (AvgIpc) is 3.39. The van der Waals surface area contributed by atoms with Crippen LogP contribution >= 0.6 is 0 Å². The molecule has 2 aliphatic rings. The van der Waals surface area contributed by atoms with Crippen LogP contribution in [0.5, 0.6) is 0 Å². The predicted molar refractivity (Wildman–Crippen MR) is 123 cm³/mol. The lowest BCUT2D eigenvalue weighted by Crippen LogP contribution is -2.48. The lowest BCUT2D eigenvalue weighted by molar-refractivity contribution is 0.0747. The van der Waals surface area contributed by atoms with Gasteiger partial charge in [-0.25, -0.2) is 4.98 Å². The summed E-state index contributed by atoms with van der Waals surface area (Å²) in [5.74, 6) is 1.00. The van der Waals surface area contributed by atoms with E-state index in [1.165, 1.54) is 18.5 Å². The number of benzene rings is 2. The minimum absolute atomic E-state index is 0.0844. The van der Waals surface area contributed by atoms with Gasteiger partial charge in [0.05, 0.1) is 0 Å². The topological polar surface area (TPSA) is 52.6 Å². The largest absolute Gasteiger partial charge is 0.368 e. The maximum Gasteiger partial charge on any atom is 0.253 e. The molecule has 2 aliphatic heterocycles. The Hall–Kier alpha value is -3.41. The van der Waals surface area contributed by atoms with Gasteiger partial charge in [-0.1, -0.05) is 30.3 Å². The second-order valence-electron chi connectivity index (χ2n) is 8.12. The van der Waals surface area contributed by atoms with E-state index in [2.05, 4.69) is 44.0 Å². The molecule has 0 N–H and O–H groups in total. The van der Waals surface area contributed by atoms with Gasteiger partial charge >= 0.3 is 0 Å². The molecule has 1 amide bonds. The summed E-state index contributed by atoms with van der Waals surface area (Å²) in [6.07, 6.45) is 5.84. The quantitative estimate of drug-likeness (QED) is 0.653. The van der Waals surface area contributed by atoms with E-state index < -0.39 is 0 Å². The highest BCUT2D eigenvalue weighted by Crippen LogP contribution is 2.29. The van der Waals surface area contributed by atoms with Gasteiger partial charge in [-0.05, 0) is 37.1 Å². The number of amides is 1. The highest BCUT2D eigenvalue weighted by Gasteiger charge is 2.24. The summed E-state index contributed by atoms with van der Waals surface area (Å²) in [5.41, 5.74) is 3.73. The number of nitrogens with zero attached hydrogens (tertiary/aromatic N) is 5. The first-order valence-corrected chi connectivity index (χ1v) is 11.1. The molecule has 0 unspecified atom stereocenters. The molecule has 6 nitrogen and oxygen atoms in total. The first-order chi connectivity index (χ1) is 15.3. The Bertz CT molecular complexity index is 1040. The number of anilines is 2. The minimum atomic E-state index is 0.0844. The summed E-state index contributed by atoms with van der Waals surface area (Å²) in [7, 11) is 0. The van der Waals surface area contributed by atoms with Crippen LogP contribution in [0.15, 0.2) is 67.0 Å². The summed E-state index contributed by atoms with van der Waals surface area (Å²) in [4.78, 5) is 29.0. The van der Waals surface area contributed by atoms with Crippen molar-refractivity contribution in [1.82, 2.24) is 14.9 Å². The third-order valence-electron chi connectivity index (χ3n) is 6.16. The van der Waals surface area contributed by atoms with Gasteiger partial charge in [0.15, 0.2) is 5.82 Å². The smallest absolute Gasteiger partial charge is 0.253 e. The Morgan fingerprint density at radius 1 is 0.742 bits per heavy atom. The fourth-order valence-corrected chi connectivity index (χ4v) is 4.48. The molecule has 158 valence electrons. The molecule has 0 spiro atoms. The highest BCUT2D eigenvalue weighted by molar-refractivity contribution is 5.96. The molecule has 0 bridgehead atoms. The zero-order valence-electron chi connectivity index (χ0n) is 17.7. The van der Waals surface area contributed by atoms with Gasteiger partial charge < -0.3 is 14.7 Å². The Morgan fingerprint density at radius 3 is 2.26 bits per heavy atom. The summed E-state index contributed by atoms with van der Waals surface area (Å²) in [6.45, 7) is 5.16. The van der Waals surface area contributed by atoms with Crippen molar-refractivity contribution >= 4 is 17.4 Å². The number of piperazine rings is 1. The molecule has 2 aromatic carbocycles. The number of aromatic nitrogens is 2. The molecule has 6 heteroatoms. The van der Waals surface area contributed by atoms with Crippen LogP contribution < -0.4 is 9.80 Å². The van der Waals surface area contributed by atoms with Crippen LogP contribution in [0.3, 0.4) is 0 Å². The van der Waals surface area contributed by atoms with Crippen molar-refractivity contribution in [1.29, 1.82) is 0 Å². The van der Waals surface area contributed by atoms with E-state index in [4.69, 9.17) is 0 Å². The molecule has 5 rings (SSSR count). The third kappa shape index (κ3) is 4.10. The fraction of sp³-hybridized carbons (Fsp3) is 0.320. The number of para-hydroxylation sites is 1. The van der Waals surface area contributed by atoms with E-state index in [9.17, 15) is 4.79 Å². The van der Waals surface area contributed by atoms with Crippen LogP contribution in [0.2, 0.25) is 0 Å². The van der Waals surface area contributed by atoms with E-state index in [-0.39, 0.29) is 5.91 Å². The number of hydrogen-bond acceptors (Lipinski definition) is 5. The van der Waals surface area contributed by atoms with E-state index in [0.29, 0.717) is 5.56 Å².